The molecule has 19 heavy (non-hydrogen) atoms. The topological polar surface area (TPSA) is 26.7 Å². The predicted molar refractivity (Wildman–Crippen MR) is 81.4 cm³/mol. The Morgan fingerprint density at radius 2 is 1.68 bits per heavy atom. The van der Waals surface area contributed by atoms with Gasteiger partial charge in [-0.2, -0.15) is 0 Å². The van der Waals surface area contributed by atoms with Gasteiger partial charge in [0.2, 0.25) is 0 Å². The molecule has 0 radical (unpaired) electrons. The minimum absolute atomic E-state index is 0.220. The molecule has 0 aliphatic carbocycles. The summed E-state index contributed by atoms with van der Waals surface area (Å²) in [6.07, 6.45) is 0. The second kappa shape index (κ2) is 5.22. The summed E-state index contributed by atoms with van der Waals surface area (Å²) in [4.78, 5) is 4.80. The molecule has 0 spiro atoms. The molecule has 0 aromatic heterocycles. The summed E-state index contributed by atoms with van der Waals surface area (Å²) in [6, 6.07) is 3.55. The second-order valence-corrected chi connectivity index (χ2v) is 6.65. The number of nitrogens with zero attached hydrogens (tertiary/aromatic N) is 2. The lowest BCUT2D eigenvalue weighted by Gasteiger charge is -2.43. The van der Waals surface area contributed by atoms with E-state index in [4.69, 9.17) is 11.6 Å². The van der Waals surface area contributed by atoms with Gasteiger partial charge in [-0.1, -0.05) is 11.6 Å². The Balaban J connectivity index is 2.14. The van der Waals surface area contributed by atoms with Crippen LogP contribution < -0.4 is 4.90 Å². The highest BCUT2D eigenvalue weighted by molar-refractivity contribution is 6.31. The Kier molecular flexibility index (Phi) is 3.98. The summed E-state index contributed by atoms with van der Waals surface area (Å²) in [5.41, 5.74) is 2.18. The van der Waals surface area contributed by atoms with E-state index in [0.717, 1.165) is 37.4 Å². The van der Waals surface area contributed by atoms with Crippen molar-refractivity contribution in [3.05, 3.63) is 22.7 Å². The van der Waals surface area contributed by atoms with Crippen LogP contribution in [0.1, 0.15) is 26.3 Å². The number of aromatic hydroxyl groups is 1. The number of phenolic OH excluding ortho intramolecular Hbond substituents is 1. The molecular formula is C15H23ClN2O. The third-order valence-electron chi connectivity index (χ3n) is 3.89. The zero-order valence-corrected chi connectivity index (χ0v) is 13.0. The molecule has 1 aromatic rings. The highest BCUT2D eigenvalue weighted by Crippen LogP contribution is 2.32. The molecular weight excluding hydrogens is 260 g/mol. The van der Waals surface area contributed by atoms with Gasteiger partial charge >= 0.3 is 0 Å². The van der Waals surface area contributed by atoms with Crippen molar-refractivity contribution in [3.63, 3.8) is 0 Å². The number of phenols is 1. The van der Waals surface area contributed by atoms with Crippen LogP contribution in [0.2, 0.25) is 5.02 Å². The van der Waals surface area contributed by atoms with Crippen LogP contribution >= 0.6 is 11.6 Å². The average Bonchev–Trinajstić information content (AvgIpc) is 2.33. The highest BCUT2D eigenvalue weighted by Gasteiger charge is 2.26. The maximum absolute atomic E-state index is 9.87. The van der Waals surface area contributed by atoms with Gasteiger partial charge in [-0.05, 0) is 39.8 Å². The summed E-state index contributed by atoms with van der Waals surface area (Å²) in [6.45, 7) is 12.7. The Morgan fingerprint density at radius 3 is 2.21 bits per heavy atom. The molecule has 1 aromatic carbocycles. The number of anilines is 1. The van der Waals surface area contributed by atoms with Crippen molar-refractivity contribution in [3.8, 4) is 5.75 Å². The Bertz CT molecular complexity index is 460. The largest absolute Gasteiger partial charge is 0.508 e. The van der Waals surface area contributed by atoms with Crippen LogP contribution in [0.5, 0.6) is 5.75 Å². The standard InChI is InChI=1S/C15H23ClN2O/c1-11-13(9-12(16)10-14(11)19)17-5-7-18(8-6-17)15(2,3)4/h9-10,19H,5-8H2,1-4H3. The predicted octanol–water partition coefficient (Wildman–Crippen LogP) is 3.27. The van der Waals surface area contributed by atoms with Crippen LogP contribution in [-0.2, 0) is 0 Å². The van der Waals surface area contributed by atoms with Crippen molar-refractivity contribution < 1.29 is 5.11 Å². The molecule has 2 rings (SSSR count). The van der Waals surface area contributed by atoms with Crippen molar-refractivity contribution in [2.24, 2.45) is 0 Å². The molecule has 1 N–H and O–H groups in total. The number of halogens is 1. The van der Waals surface area contributed by atoms with E-state index in [1.165, 1.54) is 0 Å². The monoisotopic (exact) mass is 282 g/mol. The third-order valence-corrected chi connectivity index (χ3v) is 4.10. The summed E-state index contributed by atoms with van der Waals surface area (Å²) in [7, 11) is 0. The smallest absolute Gasteiger partial charge is 0.122 e. The number of hydrogen-bond acceptors (Lipinski definition) is 3. The SMILES string of the molecule is Cc1c(O)cc(Cl)cc1N1CCN(C(C)(C)C)CC1. The fourth-order valence-corrected chi connectivity index (χ4v) is 2.80. The van der Waals surface area contributed by atoms with Gasteiger partial charge in [0, 0.05) is 48.0 Å². The maximum atomic E-state index is 9.87. The Hall–Kier alpha value is -0.930. The van der Waals surface area contributed by atoms with Crippen molar-refractivity contribution in [1.82, 2.24) is 4.90 Å². The van der Waals surface area contributed by atoms with E-state index >= 15 is 0 Å². The minimum atomic E-state index is 0.220. The average molecular weight is 283 g/mol. The lowest BCUT2D eigenvalue weighted by atomic mass is 10.0. The van der Waals surface area contributed by atoms with Gasteiger partial charge < -0.3 is 10.0 Å². The second-order valence-electron chi connectivity index (χ2n) is 6.21. The molecule has 0 saturated carbocycles. The van der Waals surface area contributed by atoms with E-state index in [2.05, 4.69) is 30.6 Å². The van der Waals surface area contributed by atoms with Gasteiger partial charge in [0.05, 0.1) is 0 Å². The van der Waals surface area contributed by atoms with Crippen LogP contribution in [0.25, 0.3) is 0 Å². The number of benzene rings is 1. The van der Waals surface area contributed by atoms with Gasteiger partial charge in [-0.15, -0.1) is 0 Å². The maximum Gasteiger partial charge on any atom is 0.122 e. The Labute approximate surface area is 120 Å². The molecule has 1 aliphatic heterocycles. The zero-order chi connectivity index (χ0) is 14.2. The molecule has 0 bridgehead atoms. The zero-order valence-electron chi connectivity index (χ0n) is 12.2. The van der Waals surface area contributed by atoms with E-state index in [0.29, 0.717) is 5.02 Å². The van der Waals surface area contributed by atoms with Gasteiger partial charge in [-0.3, -0.25) is 4.90 Å². The van der Waals surface area contributed by atoms with Gasteiger partial charge in [0.25, 0.3) is 0 Å². The third kappa shape index (κ3) is 3.15. The summed E-state index contributed by atoms with van der Waals surface area (Å²) in [5.74, 6) is 0.278. The van der Waals surface area contributed by atoms with E-state index < -0.39 is 0 Å². The van der Waals surface area contributed by atoms with Gasteiger partial charge in [0.15, 0.2) is 0 Å². The van der Waals surface area contributed by atoms with Gasteiger partial charge in [0.1, 0.15) is 5.75 Å². The fourth-order valence-electron chi connectivity index (χ4n) is 2.60. The van der Waals surface area contributed by atoms with Crippen molar-refractivity contribution in [2.75, 3.05) is 31.1 Å². The fraction of sp³-hybridized carbons (Fsp3) is 0.600. The summed E-state index contributed by atoms with van der Waals surface area (Å²) < 4.78 is 0. The van der Waals surface area contributed by atoms with E-state index in [9.17, 15) is 5.11 Å². The van der Waals surface area contributed by atoms with Crippen molar-refractivity contribution in [2.45, 2.75) is 33.2 Å². The first-order valence-corrected chi connectivity index (χ1v) is 7.16. The van der Waals surface area contributed by atoms with E-state index in [-0.39, 0.29) is 11.3 Å². The van der Waals surface area contributed by atoms with Crippen LogP contribution in [0.4, 0.5) is 5.69 Å². The van der Waals surface area contributed by atoms with Crippen LogP contribution in [0.15, 0.2) is 12.1 Å². The van der Waals surface area contributed by atoms with Crippen molar-refractivity contribution in [1.29, 1.82) is 0 Å². The van der Waals surface area contributed by atoms with Crippen LogP contribution in [0.3, 0.4) is 0 Å². The lowest BCUT2D eigenvalue weighted by Crippen LogP contribution is -2.53. The molecule has 1 aliphatic rings. The molecule has 106 valence electrons. The molecule has 1 saturated heterocycles. The number of hydrogen-bond donors (Lipinski definition) is 1. The first-order valence-electron chi connectivity index (χ1n) is 6.78. The molecule has 4 heteroatoms. The minimum Gasteiger partial charge on any atom is -0.508 e. The number of rotatable bonds is 1. The highest BCUT2D eigenvalue weighted by atomic mass is 35.5. The van der Waals surface area contributed by atoms with Gasteiger partial charge in [-0.25, -0.2) is 0 Å². The van der Waals surface area contributed by atoms with E-state index in [1.807, 2.05) is 13.0 Å². The molecule has 3 nitrogen and oxygen atoms in total. The van der Waals surface area contributed by atoms with Crippen LogP contribution in [-0.4, -0.2) is 41.7 Å². The van der Waals surface area contributed by atoms with E-state index in [1.54, 1.807) is 6.07 Å². The Morgan fingerprint density at radius 1 is 1.11 bits per heavy atom. The molecule has 1 fully saturated rings. The summed E-state index contributed by atoms with van der Waals surface area (Å²) in [5, 5.41) is 10.5. The molecule has 0 atom stereocenters. The first-order chi connectivity index (χ1) is 8.79. The normalized spacial score (nSPS) is 17.8. The molecule has 1 heterocycles. The summed E-state index contributed by atoms with van der Waals surface area (Å²) >= 11 is 6.05. The van der Waals surface area contributed by atoms with Crippen molar-refractivity contribution >= 4 is 17.3 Å². The molecule has 0 unspecified atom stereocenters. The molecule has 0 amide bonds. The lowest BCUT2D eigenvalue weighted by molar-refractivity contribution is 0.128. The quantitative estimate of drug-likeness (QED) is 0.856. The number of piperazine rings is 1. The van der Waals surface area contributed by atoms with Crippen LogP contribution in [0, 0.1) is 6.92 Å². The first kappa shape index (κ1) is 14.5.